The van der Waals surface area contributed by atoms with Gasteiger partial charge in [-0.2, -0.15) is 0 Å². The minimum atomic E-state index is -1.42. The molecule has 0 atom stereocenters. The number of carbonyl (C=O) groups is 1. The monoisotopic (exact) mass is 295 g/mol. The highest BCUT2D eigenvalue weighted by molar-refractivity contribution is 5.88. The van der Waals surface area contributed by atoms with Crippen molar-refractivity contribution >= 4 is 11.7 Å². The summed E-state index contributed by atoms with van der Waals surface area (Å²) >= 11 is 0. The zero-order valence-electron chi connectivity index (χ0n) is 11.1. The van der Waals surface area contributed by atoms with Gasteiger partial charge in [-0.15, -0.1) is 0 Å². The fourth-order valence-corrected chi connectivity index (χ4v) is 2.01. The van der Waals surface area contributed by atoms with Crippen LogP contribution in [0, 0.1) is 17.5 Å². The number of aromatic carboxylic acids is 1. The molecule has 3 nitrogen and oxygen atoms in total. The Morgan fingerprint density at radius 2 is 1.67 bits per heavy atom. The zero-order chi connectivity index (χ0) is 15.6. The first-order chi connectivity index (χ1) is 9.90. The Kier molecular flexibility index (Phi) is 4.16. The first-order valence-electron chi connectivity index (χ1n) is 6.07. The Hall–Kier alpha value is -2.50. The van der Waals surface area contributed by atoms with E-state index in [0.717, 1.165) is 12.1 Å². The molecule has 0 unspecified atom stereocenters. The molecule has 0 radical (unpaired) electrons. The number of hydrogen-bond acceptors (Lipinski definition) is 2. The molecule has 0 aliphatic heterocycles. The molecular formula is C15H12F3NO2. The van der Waals surface area contributed by atoms with Crippen LogP contribution < -0.4 is 4.90 Å². The third kappa shape index (κ3) is 3.16. The topological polar surface area (TPSA) is 40.5 Å². The second kappa shape index (κ2) is 5.87. The lowest BCUT2D eigenvalue weighted by Crippen LogP contribution is -2.20. The van der Waals surface area contributed by atoms with Crippen molar-refractivity contribution < 1.29 is 23.1 Å². The van der Waals surface area contributed by atoms with Crippen LogP contribution in [0.25, 0.3) is 0 Å². The van der Waals surface area contributed by atoms with Crippen molar-refractivity contribution in [2.75, 3.05) is 11.9 Å². The van der Waals surface area contributed by atoms with E-state index < -0.39 is 34.7 Å². The van der Waals surface area contributed by atoms with Crippen LogP contribution >= 0.6 is 0 Å². The molecule has 0 spiro atoms. The van der Waals surface area contributed by atoms with Gasteiger partial charge in [0.25, 0.3) is 0 Å². The molecule has 0 saturated heterocycles. The summed E-state index contributed by atoms with van der Waals surface area (Å²) in [4.78, 5) is 11.9. The zero-order valence-corrected chi connectivity index (χ0v) is 11.1. The molecule has 2 aromatic carbocycles. The molecule has 0 aromatic heterocycles. The second-order valence-corrected chi connectivity index (χ2v) is 4.54. The number of carboxylic acids is 1. The van der Waals surface area contributed by atoms with Gasteiger partial charge in [0.15, 0.2) is 0 Å². The van der Waals surface area contributed by atoms with Gasteiger partial charge in [-0.25, -0.2) is 18.0 Å². The Bertz CT molecular complexity index is 665. The van der Waals surface area contributed by atoms with Crippen molar-refractivity contribution in [1.82, 2.24) is 0 Å². The smallest absolute Gasteiger partial charge is 0.335 e. The fraction of sp³-hybridized carbons (Fsp3) is 0.133. The predicted molar refractivity (Wildman–Crippen MR) is 71.8 cm³/mol. The standard InChI is InChI=1S/C15H12F3NO2/c1-19(8-9-4-2-3-5-11(9)16)14-12(17)6-10(15(20)21)7-13(14)18/h2-7H,8H2,1H3,(H,20,21). The van der Waals surface area contributed by atoms with Crippen molar-refractivity contribution in [3.05, 3.63) is 65.0 Å². The van der Waals surface area contributed by atoms with Crippen LogP contribution in [0.1, 0.15) is 15.9 Å². The summed E-state index contributed by atoms with van der Waals surface area (Å²) in [6.45, 7) is -0.0487. The second-order valence-electron chi connectivity index (χ2n) is 4.54. The average Bonchev–Trinajstić information content (AvgIpc) is 2.40. The van der Waals surface area contributed by atoms with Crippen LogP contribution in [0.3, 0.4) is 0 Å². The number of hydrogen-bond donors (Lipinski definition) is 1. The number of benzene rings is 2. The largest absolute Gasteiger partial charge is 0.478 e. The summed E-state index contributed by atoms with van der Waals surface area (Å²) < 4.78 is 41.3. The highest BCUT2D eigenvalue weighted by Crippen LogP contribution is 2.26. The summed E-state index contributed by atoms with van der Waals surface area (Å²) in [5.74, 6) is -3.92. The van der Waals surface area contributed by atoms with Gasteiger partial charge in [0.2, 0.25) is 0 Å². The van der Waals surface area contributed by atoms with E-state index in [1.807, 2.05) is 0 Å². The van der Waals surface area contributed by atoms with Crippen LogP contribution in [-0.4, -0.2) is 18.1 Å². The van der Waals surface area contributed by atoms with Crippen LogP contribution in [-0.2, 0) is 6.54 Å². The van der Waals surface area contributed by atoms with Gasteiger partial charge in [0, 0.05) is 19.2 Å². The van der Waals surface area contributed by atoms with E-state index in [-0.39, 0.29) is 12.1 Å². The van der Waals surface area contributed by atoms with Crippen molar-refractivity contribution in [1.29, 1.82) is 0 Å². The van der Waals surface area contributed by atoms with Crippen LogP contribution in [0.15, 0.2) is 36.4 Å². The number of anilines is 1. The Labute approximate surface area is 119 Å². The maximum atomic E-state index is 13.9. The SMILES string of the molecule is CN(Cc1ccccc1F)c1c(F)cc(C(=O)O)cc1F. The third-order valence-corrected chi connectivity index (χ3v) is 3.01. The lowest BCUT2D eigenvalue weighted by atomic mass is 10.1. The molecule has 0 heterocycles. The molecule has 110 valence electrons. The number of nitrogens with zero attached hydrogens (tertiary/aromatic N) is 1. The van der Waals surface area contributed by atoms with Crippen molar-refractivity contribution in [3.8, 4) is 0 Å². The van der Waals surface area contributed by atoms with Crippen molar-refractivity contribution in [2.45, 2.75) is 6.54 Å². The molecule has 21 heavy (non-hydrogen) atoms. The lowest BCUT2D eigenvalue weighted by molar-refractivity contribution is 0.0695. The van der Waals surface area contributed by atoms with E-state index in [1.54, 1.807) is 6.07 Å². The third-order valence-electron chi connectivity index (χ3n) is 3.01. The molecule has 0 bridgehead atoms. The van der Waals surface area contributed by atoms with Crippen molar-refractivity contribution in [3.63, 3.8) is 0 Å². The lowest BCUT2D eigenvalue weighted by Gasteiger charge is -2.21. The number of halogens is 3. The Morgan fingerprint density at radius 3 is 2.19 bits per heavy atom. The van der Waals surface area contributed by atoms with E-state index in [0.29, 0.717) is 0 Å². The maximum Gasteiger partial charge on any atom is 0.335 e. The van der Waals surface area contributed by atoms with E-state index >= 15 is 0 Å². The first-order valence-corrected chi connectivity index (χ1v) is 6.07. The minimum Gasteiger partial charge on any atom is -0.478 e. The molecule has 1 N–H and O–H groups in total. The molecule has 0 fully saturated rings. The number of rotatable bonds is 4. The summed E-state index contributed by atoms with van der Waals surface area (Å²) in [6.07, 6.45) is 0. The number of carboxylic acid groups (broad SMARTS) is 1. The Balaban J connectivity index is 2.34. The van der Waals surface area contributed by atoms with Gasteiger partial charge in [-0.05, 0) is 18.2 Å². The van der Waals surface area contributed by atoms with E-state index in [4.69, 9.17) is 5.11 Å². The average molecular weight is 295 g/mol. The van der Waals surface area contributed by atoms with E-state index in [2.05, 4.69) is 0 Å². The first kappa shape index (κ1) is 14.9. The molecule has 0 amide bonds. The van der Waals surface area contributed by atoms with Gasteiger partial charge in [0.1, 0.15) is 23.1 Å². The van der Waals surface area contributed by atoms with Crippen LogP contribution in [0.2, 0.25) is 0 Å². The molecular weight excluding hydrogens is 283 g/mol. The summed E-state index contributed by atoms with van der Waals surface area (Å²) in [5, 5.41) is 8.74. The Morgan fingerprint density at radius 1 is 1.10 bits per heavy atom. The molecule has 0 aliphatic carbocycles. The highest BCUT2D eigenvalue weighted by Gasteiger charge is 2.18. The fourth-order valence-electron chi connectivity index (χ4n) is 2.01. The van der Waals surface area contributed by atoms with Gasteiger partial charge in [-0.3, -0.25) is 0 Å². The molecule has 0 aliphatic rings. The van der Waals surface area contributed by atoms with Gasteiger partial charge in [-0.1, -0.05) is 18.2 Å². The van der Waals surface area contributed by atoms with Gasteiger partial charge in [0.05, 0.1) is 5.56 Å². The van der Waals surface area contributed by atoms with E-state index in [9.17, 15) is 18.0 Å². The molecule has 0 saturated carbocycles. The normalized spacial score (nSPS) is 10.5. The van der Waals surface area contributed by atoms with Crippen LogP contribution in [0.4, 0.5) is 18.9 Å². The minimum absolute atomic E-state index is 0.0487. The molecule has 2 aromatic rings. The maximum absolute atomic E-state index is 13.9. The predicted octanol–water partition coefficient (Wildman–Crippen LogP) is 3.44. The highest BCUT2D eigenvalue weighted by atomic mass is 19.1. The molecule has 6 heteroatoms. The van der Waals surface area contributed by atoms with Crippen molar-refractivity contribution in [2.24, 2.45) is 0 Å². The van der Waals surface area contributed by atoms with Gasteiger partial charge >= 0.3 is 5.97 Å². The van der Waals surface area contributed by atoms with Gasteiger partial charge < -0.3 is 10.0 Å². The summed E-state index contributed by atoms with van der Waals surface area (Å²) in [6, 6.07) is 7.36. The summed E-state index contributed by atoms with van der Waals surface area (Å²) in [7, 11) is 1.40. The molecule has 2 rings (SSSR count). The van der Waals surface area contributed by atoms with E-state index in [1.165, 1.54) is 30.1 Å². The van der Waals surface area contributed by atoms with Crippen LogP contribution in [0.5, 0.6) is 0 Å². The summed E-state index contributed by atoms with van der Waals surface area (Å²) in [5.41, 5.74) is -0.600. The quantitative estimate of drug-likeness (QED) is 0.939.